The fraction of sp³-hybridized carbons (Fsp3) is 0.286. The van der Waals surface area contributed by atoms with Gasteiger partial charge in [-0.1, -0.05) is 17.3 Å². The number of para-hydroxylation sites is 1. The van der Waals surface area contributed by atoms with Crippen LogP contribution in [0.25, 0.3) is 11.0 Å². The molecule has 3 rings (SSSR count). The minimum absolute atomic E-state index is 0.598. The quantitative estimate of drug-likeness (QED) is 0.702. The normalized spacial score (nSPS) is 11.1. The molecule has 0 aliphatic heterocycles. The van der Waals surface area contributed by atoms with Crippen molar-refractivity contribution in [2.45, 2.75) is 27.3 Å². The van der Waals surface area contributed by atoms with Crippen molar-refractivity contribution in [1.82, 2.24) is 25.0 Å². The van der Waals surface area contributed by atoms with Gasteiger partial charge in [-0.25, -0.2) is 4.68 Å². The van der Waals surface area contributed by atoms with Gasteiger partial charge in [0.15, 0.2) is 0 Å². The molecule has 0 aliphatic carbocycles. The van der Waals surface area contributed by atoms with E-state index in [1.165, 1.54) is 0 Å². The Morgan fingerprint density at radius 2 is 1.68 bits per heavy atom. The van der Waals surface area contributed by atoms with Crippen LogP contribution in [0, 0.1) is 20.8 Å². The van der Waals surface area contributed by atoms with Gasteiger partial charge < -0.3 is 0 Å². The summed E-state index contributed by atoms with van der Waals surface area (Å²) in [6.45, 7) is 6.53. The zero-order chi connectivity index (χ0) is 13.4. The number of hydrogen-bond donors (Lipinski definition) is 0. The van der Waals surface area contributed by atoms with Gasteiger partial charge in [-0.05, 0) is 32.9 Å². The van der Waals surface area contributed by atoms with E-state index in [2.05, 4.69) is 20.3 Å². The summed E-state index contributed by atoms with van der Waals surface area (Å²) in [5.41, 5.74) is 5.75. The van der Waals surface area contributed by atoms with E-state index in [0.717, 1.165) is 33.8 Å². The first kappa shape index (κ1) is 11.8. The van der Waals surface area contributed by atoms with Gasteiger partial charge in [0.05, 0.1) is 34.8 Å². The van der Waals surface area contributed by atoms with Crippen molar-refractivity contribution in [2.24, 2.45) is 0 Å². The van der Waals surface area contributed by atoms with Crippen molar-refractivity contribution in [1.29, 1.82) is 0 Å². The van der Waals surface area contributed by atoms with Crippen LogP contribution in [-0.2, 0) is 6.54 Å². The third-order valence-electron chi connectivity index (χ3n) is 3.30. The van der Waals surface area contributed by atoms with Gasteiger partial charge in [0, 0.05) is 0 Å². The van der Waals surface area contributed by atoms with E-state index in [1.807, 2.05) is 49.7 Å². The molecular formula is C14H15N5. The Hall–Kier alpha value is -2.30. The summed E-state index contributed by atoms with van der Waals surface area (Å²) in [4.78, 5) is 9.11. The largest absolute Gasteiger partial charge is 0.255 e. The molecule has 0 saturated carbocycles. The number of hydrogen-bond acceptors (Lipinski definition) is 4. The Labute approximate surface area is 111 Å². The summed E-state index contributed by atoms with van der Waals surface area (Å²) in [5.74, 6) is 0. The van der Waals surface area contributed by atoms with Gasteiger partial charge >= 0.3 is 0 Å². The molecule has 0 spiro atoms. The van der Waals surface area contributed by atoms with Gasteiger partial charge in [-0.15, -0.1) is 5.10 Å². The highest BCUT2D eigenvalue weighted by molar-refractivity contribution is 5.73. The molecule has 0 bridgehead atoms. The number of nitrogens with zero attached hydrogens (tertiary/aromatic N) is 5. The van der Waals surface area contributed by atoms with E-state index in [-0.39, 0.29) is 0 Å². The number of rotatable bonds is 2. The molecule has 5 nitrogen and oxygen atoms in total. The van der Waals surface area contributed by atoms with Gasteiger partial charge in [-0.2, -0.15) is 0 Å². The molecule has 0 fully saturated rings. The Balaban J connectivity index is 2.04. The molecule has 0 unspecified atom stereocenters. The van der Waals surface area contributed by atoms with E-state index < -0.39 is 0 Å². The van der Waals surface area contributed by atoms with Crippen LogP contribution in [0.5, 0.6) is 0 Å². The number of aromatic nitrogens is 5. The van der Waals surface area contributed by atoms with Crippen LogP contribution in [0.4, 0.5) is 0 Å². The first-order valence-corrected chi connectivity index (χ1v) is 6.24. The molecule has 19 heavy (non-hydrogen) atoms. The smallest absolute Gasteiger partial charge is 0.113 e. The summed E-state index contributed by atoms with van der Waals surface area (Å²) in [5, 5.41) is 8.33. The molecule has 2 heterocycles. The van der Waals surface area contributed by atoms with Gasteiger partial charge in [0.1, 0.15) is 5.52 Å². The highest BCUT2D eigenvalue weighted by atomic mass is 15.4. The van der Waals surface area contributed by atoms with Crippen molar-refractivity contribution in [3.05, 3.63) is 47.0 Å². The van der Waals surface area contributed by atoms with E-state index in [1.54, 1.807) is 0 Å². The average Bonchev–Trinajstić information content (AvgIpc) is 2.80. The van der Waals surface area contributed by atoms with Crippen LogP contribution in [0.3, 0.4) is 0 Å². The van der Waals surface area contributed by atoms with Crippen LogP contribution in [0.15, 0.2) is 24.3 Å². The minimum atomic E-state index is 0.598. The highest BCUT2D eigenvalue weighted by Crippen LogP contribution is 2.13. The maximum absolute atomic E-state index is 4.60. The monoisotopic (exact) mass is 253 g/mol. The molecular weight excluding hydrogens is 238 g/mol. The lowest BCUT2D eigenvalue weighted by Gasteiger charge is -2.08. The summed E-state index contributed by atoms with van der Waals surface area (Å²) in [7, 11) is 0. The lowest BCUT2D eigenvalue weighted by molar-refractivity contribution is 0.648. The lowest BCUT2D eigenvalue weighted by atomic mass is 10.2. The highest BCUT2D eigenvalue weighted by Gasteiger charge is 2.09. The SMILES string of the molecule is Cc1nc(C)c(Cn2nnc3ccccc32)nc1C. The molecule has 1 aromatic carbocycles. The second-order valence-corrected chi connectivity index (χ2v) is 4.66. The molecule has 0 aliphatic rings. The lowest BCUT2D eigenvalue weighted by Crippen LogP contribution is -2.09. The third-order valence-corrected chi connectivity index (χ3v) is 3.30. The molecule has 0 saturated heterocycles. The molecule has 0 amide bonds. The van der Waals surface area contributed by atoms with Crippen molar-refractivity contribution >= 4 is 11.0 Å². The standard InChI is InChI=1S/C14H15N5/c1-9-10(2)16-13(11(3)15-9)8-19-14-7-5-4-6-12(14)17-18-19/h4-7H,8H2,1-3H3. The predicted octanol–water partition coefficient (Wildman–Crippen LogP) is 2.19. The number of aryl methyl sites for hydroxylation is 3. The van der Waals surface area contributed by atoms with E-state index >= 15 is 0 Å². The Bertz CT molecular complexity index is 745. The zero-order valence-corrected chi connectivity index (χ0v) is 11.3. The maximum atomic E-state index is 4.60. The van der Waals surface area contributed by atoms with Crippen molar-refractivity contribution in [2.75, 3.05) is 0 Å². The van der Waals surface area contributed by atoms with Crippen LogP contribution < -0.4 is 0 Å². The molecule has 0 atom stereocenters. The fourth-order valence-corrected chi connectivity index (χ4v) is 2.09. The Kier molecular flexibility index (Phi) is 2.74. The summed E-state index contributed by atoms with van der Waals surface area (Å²) in [6.07, 6.45) is 0. The zero-order valence-electron chi connectivity index (χ0n) is 11.3. The Morgan fingerprint density at radius 1 is 0.947 bits per heavy atom. The average molecular weight is 253 g/mol. The molecule has 0 radical (unpaired) electrons. The van der Waals surface area contributed by atoms with Gasteiger partial charge in [0.2, 0.25) is 0 Å². The summed E-state index contributed by atoms with van der Waals surface area (Å²) < 4.78 is 1.86. The van der Waals surface area contributed by atoms with Crippen LogP contribution in [0.1, 0.15) is 22.8 Å². The minimum Gasteiger partial charge on any atom is -0.255 e. The topological polar surface area (TPSA) is 56.5 Å². The van der Waals surface area contributed by atoms with Crippen molar-refractivity contribution in [3.8, 4) is 0 Å². The summed E-state index contributed by atoms with van der Waals surface area (Å²) >= 11 is 0. The van der Waals surface area contributed by atoms with Crippen molar-refractivity contribution in [3.63, 3.8) is 0 Å². The number of fused-ring (bicyclic) bond motifs is 1. The second-order valence-electron chi connectivity index (χ2n) is 4.66. The van der Waals surface area contributed by atoms with E-state index in [0.29, 0.717) is 6.54 Å². The second kappa shape index (κ2) is 4.42. The third kappa shape index (κ3) is 2.07. The first-order valence-electron chi connectivity index (χ1n) is 6.24. The van der Waals surface area contributed by atoms with Crippen LogP contribution >= 0.6 is 0 Å². The van der Waals surface area contributed by atoms with E-state index in [4.69, 9.17) is 0 Å². The van der Waals surface area contributed by atoms with Crippen LogP contribution in [-0.4, -0.2) is 25.0 Å². The first-order chi connectivity index (χ1) is 9.15. The van der Waals surface area contributed by atoms with Crippen LogP contribution in [0.2, 0.25) is 0 Å². The summed E-state index contributed by atoms with van der Waals surface area (Å²) in [6, 6.07) is 7.92. The van der Waals surface area contributed by atoms with Crippen molar-refractivity contribution < 1.29 is 0 Å². The van der Waals surface area contributed by atoms with Gasteiger partial charge in [0.25, 0.3) is 0 Å². The molecule has 0 N–H and O–H groups in total. The predicted molar refractivity (Wildman–Crippen MR) is 72.9 cm³/mol. The number of benzene rings is 1. The molecule has 5 heteroatoms. The Morgan fingerprint density at radius 3 is 2.53 bits per heavy atom. The molecule has 96 valence electrons. The van der Waals surface area contributed by atoms with E-state index in [9.17, 15) is 0 Å². The molecule has 3 aromatic rings. The molecule has 2 aromatic heterocycles. The fourth-order valence-electron chi connectivity index (χ4n) is 2.09. The maximum Gasteiger partial charge on any atom is 0.113 e. The van der Waals surface area contributed by atoms with Gasteiger partial charge in [-0.3, -0.25) is 9.97 Å².